The van der Waals surface area contributed by atoms with Gasteiger partial charge in [0.15, 0.2) is 17.3 Å². The molecule has 0 atom stereocenters. The Hall–Kier alpha value is -0.960. The summed E-state index contributed by atoms with van der Waals surface area (Å²) in [5.74, 6) is 0.710. The number of benzene rings is 1. The zero-order chi connectivity index (χ0) is 19.0. The van der Waals surface area contributed by atoms with E-state index < -0.39 is 0 Å². The average Bonchev–Trinajstić information content (AvgIpc) is 2.64. The molecule has 0 heterocycles. The zero-order valence-electron chi connectivity index (χ0n) is 15.4. The highest BCUT2D eigenvalue weighted by atomic mass is 33.1. The van der Waals surface area contributed by atoms with Crippen molar-refractivity contribution in [3.05, 3.63) is 24.0 Å². The molecular formula is C18H28FNO4S2. The summed E-state index contributed by atoms with van der Waals surface area (Å²) in [6, 6.07) is 4.88. The number of rotatable bonds is 16. The second-order valence-corrected chi connectivity index (χ2v) is 7.93. The number of carbonyl (C=O) groups excluding carboxylic acids is 1. The highest BCUT2D eigenvalue weighted by Crippen LogP contribution is 2.23. The lowest BCUT2D eigenvalue weighted by Gasteiger charge is -2.10. The standard InChI is InChI=1S/C18H28FNO4S2/c1-3-16(21)13-23-10-4-8-22-9-5-11-24-18-7-6-15(12-17(18)19)20-14-26-25-2/h6-7,12,20H,3-5,8-11,13-14H2,1-2H3. The molecule has 0 radical (unpaired) electrons. The summed E-state index contributed by atoms with van der Waals surface area (Å²) >= 11 is 0. The minimum Gasteiger partial charge on any atom is -0.490 e. The largest absolute Gasteiger partial charge is 0.490 e. The van der Waals surface area contributed by atoms with Gasteiger partial charge in [0.2, 0.25) is 0 Å². The van der Waals surface area contributed by atoms with E-state index in [0.29, 0.717) is 39.3 Å². The molecule has 8 heteroatoms. The van der Waals surface area contributed by atoms with Gasteiger partial charge >= 0.3 is 0 Å². The SMILES string of the molecule is CCC(=O)COCCCOCCCOc1ccc(NCSSC)cc1F. The van der Waals surface area contributed by atoms with Gasteiger partial charge in [-0.2, -0.15) is 0 Å². The van der Waals surface area contributed by atoms with Gasteiger partial charge in [-0.25, -0.2) is 4.39 Å². The van der Waals surface area contributed by atoms with Crippen LogP contribution in [0.1, 0.15) is 26.2 Å². The van der Waals surface area contributed by atoms with Crippen molar-refractivity contribution in [2.75, 3.05) is 50.5 Å². The van der Waals surface area contributed by atoms with E-state index in [1.54, 1.807) is 33.7 Å². The average molecular weight is 406 g/mol. The molecule has 148 valence electrons. The van der Waals surface area contributed by atoms with E-state index >= 15 is 0 Å². The molecule has 0 fully saturated rings. The summed E-state index contributed by atoms with van der Waals surface area (Å²) < 4.78 is 30.1. The fourth-order valence-corrected chi connectivity index (χ4v) is 2.77. The van der Waals surface area contributed by atoms with Crippen molar-refractivity contribution < 1.29 is 23.4 Å². The molecule has 0 aromatic heterocycles. The van der Waals surface area contributed by atoms with E-state index in [0.717, 1.165) is 18.0 Å². The lowest BCUT2D eigenvalue weighted by molar-refractivity contribution is -0.123. The second kappa shape index (κ2) is 15.1. The van der Waals surface area contributed by atoms with Crippen molar-refractivity contribution in [1.29, 1.82) is 0 Å². The normalized spacial score (nSPS) is 10.7. The van der Waals surface area contributed by atoms with Crippen LogP contribution in [0.15, 0.2) is 18.2 Å². The molecule has 1 rings (SSSR count). The van der Waals surface area contributed by atoms with E-state index in [1.165, 1.54) is 6.07 Å². The van der Waals surface area contributed by atoms with Crippen LogP contribution in [-0.2, 0) is 14.3 Å². The summed E-state index contributed by atoms with van der Waals surface area (Å²) in [6.07, 6.45) is 3.93. The van der Waals surface area contributed by atoms with Gasteiger partial charge in [0.05, 0.1) is 12.5 Å². The van der Waals surface area contributed by atoms with Crippen LogP contribution < -0.4 is 10.1 Å². The van der Waals surface area contributed by atoms with Gasteiger partial charge in [0.25, 0.3) is 0 Å². The Kier molecular flexibility index (Phi) is 13.4. The number of ether oxygens (including phenoxy) is 3. The van der Waals surface area contributed by atoms with Gasteiger partial charge in [-0.3, -0.25) is 4.79 Å². The van der Waals surface area contributed by atoms with E-state index in [-0.39, 0.29) is 24.0 Å². The van der Waals surface area contributed by atoms with Gasteiger partial charge in [-0.1, -0.05) is 28.5 Å². The number of halogens is 1. The van der Waals surface area contributed by atoms with Crippen LogP contribution in [0, 0.1) is 5.82 Å². The van der Waals surface area contributed by atoms with Crippen molar-refractivity contribution in [3.63, 3.8) is 0 Å². The summed E-state index contributed by atoms with van der Waals surface area (Å²) in [5.41, 5.74) is 0.739. The number of ketones is 1. The van der Waals surface area contributed by atoms with Crippen LogP contribution in [-0.4, -0.2) is 51.0 Å². The van der Waals surface area contributed by atoms with E-state index in [4.69, 9.17) is 14.2 Å². The van der Waals surface area contributed by atoms with Crippen molar-refractivity contribution in [2.45, 2.75) is 26.2 Å². The first-order valence-electron chi connectivity index (χ1n) is 8.66. The van der Waals surface area contributed by atoms with Crippen molar-refractivity contribution in [1.82, 2.24) is 0 Å². The number of hydrogen-bond acceptors (Lipinski definition) is 7. The Labute approximate surface area is 163 Å². The lowest BCUT2D eigenvalue weighted by Crippen LogP contribution is -2.10. The van der Waals surface area contributed by atoms with Gasteiger partial charge in [-0.05, 0) is 24.8 Å². The first kappa shape index (κ1) is 23.1. The predicted octanol–water partition coefficient (Wildman–Crippen LogP) is 4.38. The molecule has 0 aliphatic heterocycles. The highest BCUT2D eigenvalue weighted by molar-refractivity contribution is 8.76. The minimum absolute atomic E-state index is 0.109. The Balaban J connectivity index is 2.04. The summed E-state index contributed by atoms with van der Waals surface area (Å²) in [6.45, 7) is 4.03. The number of Topliss-reactive ketones (excluding diaryl/α,β-unsaturated/α-hetero) is 1. The maximum absolute atomic E-state index is 13.9. The number of nitrogens with one attached hydrogen (secondary N) is 1. The second-order valence-electron chi connectivity index (χ2n) is 5.36. The summed E-state index contributed by atoms with van der Waals surface area (Å²) in [7, 11) is 3.31. The zero-order valence-corrected chi connectivity index (χ0v) is 17.1. The highest BCUT2D eigenvalue weighted by Gasteiger charge is 2.05. The third-order valence-corrected chi connectivity index (χ3v) is 4.87. The van der Waals surface area contributed by atoms with Gasteiger partial charge in [0, 0.05) is 44.4 Å². The third kappa shape index (κ3) is 10.9. The van der Waals surface area contributed by atoms with Crippen LogP contribution in [0.25, 0.3) is 0 Å². The Morgan fingerprint density at radius 1 is 1.15 bits per heavy atom. The lowest BCUT2D eigenvalue weighted by atomic mass is 10.3. The van der Waals surface area contributed by atoms with Crippen LogP contribution in [0.5, 0.6) is 5.75 Å². The fraction of sp³-hybridized carbons (Fsp3) is 0.611. The van der Waals surface area contributed by atoms with E-state index in [9.17, 15) is 9.18 Å². The van der Waals surface area contributed by atoms with Crippen molar-refractivity contribution in [2.24, 2.45) is 0 Å². The first-order chi connectivity index (χ1) is 12.7. The fourth-order valence-electron chi connectivity index (χ4n) is 1.90. The summed E-state index contributed by atoms with van der Waals surface area (Å²) in [5, 5.41) is 3.13. The molecule has 1 N–H and O–H groups in total. The topological polar surface area (TPSA) is 56.8 Å². The van der Waals surface area contributed by atoms with Crippen LogP contribution in [0.4, 0.5) is 10.1 Å². The van der Waals surface area contributed by atoms with E-state index in [2.05, 4.69) is 5.32 Å². The van der Waals surface area contributed by atoms with Crippen LogP contribution >= 0.6 is 21.6 Å². The van der Waals surface area contributed by atoms with Gasteiger partial charge in [0.1, 0.15) is 6.61 Å². The summed E-state index contributed by atoms with van der Waals surface area (Å²) in [4.78, 5) is 11.0. The molecule has 0 saturated carbocycles. The van der Waals surface area contributed by atoms with Gasteiger partial charge < -0.3 is 19.5 Å². The molecule has 5 nitrogen and oxygen atoms in total. The molecular weight excluding hydrogens is 377 g/mol. The quantitative estimate of drug-likeness (QED) is 0.249. The molecule has 0 aliphatic carbocycles. The maximum Gasteiger partial charge on any atom is 0.167 e. The smallest absolute Gasteiger partial charge is 0.167 e. The Bertz CT molecular complexity index is 520. The van der Waals surface area contributed by atoms with E-state index in [1.807, 2.05) is 13.2 Å². The molecule has 0 unspecified atom stereocenters. The first-order valence-corrected chi connectivity index (χ1v) is 11.4. The van der Waals surface area contributed by atoms with Gasteiger partial charge in [-0.15, -0.1) is 0 Å². The maximum atomic E-state index is 13.9. The predicted molar refractivity (Wildman–Crippen MR) is 108 cm³/mol. The van der Waals surface area contributed by atoms with Crippen molar-refractivity contribution >= 4 is 33.1 Å². The number of hydrogen-bond donors (Lipinski definition) is 1. The Morgan fingerprint density at radius 2 is 1.88 bits per heavy atom. The Morgan fingerprint density at radius 3 is 2.58 bits per heavy atom. The molecule has 0 aliphatic rings. The molecule has 0 bridgehead atoms. The minimum atomic E-state index is -0.371. The van der Waals surface area contributed by atoms with Crippen molar-refractivity contribution in [3.8, 4) is 5.75 Å². The molecule has 0 spiro atoms. The van der Waals surface area contributed by atoms with Crippen LogP contribution in [0.3, 0.4) is 0 Å². The third-order valence-electron chi connectivity index (χ3n) is 3.31. The number of anilines is 1. The molecule has 1 aromatic rings. The molecule has 1 aromatic carbocycles. The molecule has 0 amide bonds. The monoisotopic (exact) mass is 405 g/mol. The van der Waals surface area contributed by atoms with Crippen LogP contribution in [0.2, 0.25) is 0 Å². The molecule has 0 saturated heterocycles. The molecule has 26 heavy (non-hydrogen) atoms. The number of carbonyl (C=O) groups is 1.